The van der Waals surface area contributed by atoms with E-state index >= 15 is 0 Å². The van der Waals surface area contributed by atoms with Gasteiger partial charge in [0, 0.05) is 25.1 Å². The second-order valence-corrected chi connectivity index (χ2v) is 14.1. The second-order valence-electron chi connectivity index (χ2n) is 11.7. The number of nitrogens with zero attached hydrogens (tertiary/aromatic N) is 3. The first-order valence-electron chi connectivity index (χ1n) is 14.9. The highest BCUT2D eigenvalue weighted by atomic mass is 35.5. The molecule has 0 aliphatic carbocycles. The fourth-order valence-electron chi connectivity index (χ4n) is 6.10. The quantitative estimate of drug-likeness (QED) is 0.163. The Kier molecular flexibility index (Phi) is 10.4. The van der Waals surface area contributed by atoms with E-state index in [0.717, 1.165) is 61.5 Å². The smallest absolute Gasteiger partial charge is 0.306 e. The molecule has 5 rings (SSSR count). The van der Waals surface area contributed by atoms with Crippen LogP contribution in [0.25, 0.3) is 10.8 Å². The molecule has 0 spiro atoms. The summed E-state index contributed by atoms with van der Waals surface area (Å²) in [7, 11) is -1.75. The van der Waals surface area contributed by atoms with Crippen LogP contribution in [0.2, 0.25) is 10.0 Å². The first-order chi connectivity index (χ1) is 21.5. The summed E-state index contributed by atoms with van der Waals surface area (Å²) < 4.78 is 27.8. The van der Waals surface area contributed by atoms with Crippen LogP contribution in [-0.2, 0) is 10.1 Å². The van der Waals surface area contributed by atoms with Crippen LogP contribution in [0.4, 0.5) is 0 Å². The Hall–Kier alpha value is -3.61. The van der Waals surface area contributed by atoms with Crippen molar-refractivity contribution in [1.82, 2.24) is 9.80 Å². The number of carbonyl (C=O) groups excluding carboxylic acids is 1. The van der Waals surface area contributed by atoms with Crippen LogP contribution < -0.4 is 4.18 Å². The van der Waals surface area contributed by atoms with Crippen molar-refractivity contribution < 1.29 is 17.4 Å². The predicted molar refractivity (Wildman–Crippen MR) is 180 cm³/mol. The van der Waals surface area contributed by atoms with E-state index in [0.29, 0.717) is 39.4 Å². The van der Waals surface area contributed by atoms with Crippen LogP contribution in [0.1, 0.15) is 58.1 Å². The van der Waals surface area contributed by atoms with Gasteiger partial charge in [0.25, 0.3) is 5.91 Å². The Morgan fingerprint density at radius 3 is 2.40 bits per heavy atom. The summed E-state index contributed by atoms with van der Waals surface area (Å²) >= 11 is 12.7. The van der Waals surface area contributed by atoms with Gasteiger partial charge in [-0.2, -0.15) is 13.7 Å². The van der Waals surface area contributed by atoms with Crippen LogP contribution in [0.3, 0.4) is 0 Å². The molecule has 0 radical (unpaired) electrons. The maximum absolute atomic E-state index is 13.8. The van der Waals surface area contributed by atoms with Crippen molar-refractivity contribution >= 4 is 50.0 Å². The number of likely N-dealkylation sites (N-methyl/N-ethyl adjacent to an activating group) is 1. The minimum Gasteiger partial charge on any atom is -0.383 e. The lowest BCUT2D eigenvalue weighted by Crippen LogP contribution is -2.36. The van der Waals surface area contributed by atoms with Gasteiger partial charge in [-0.05, 0) is 103 Å². The number of benzene rings is 4. The topological polar surface area (TPSA) is 90.7 Å². The Morgan fingerprint density at radius 1 is 1.02 bits per heavy atom. The SMILES string of the molecule is CN(C[C@@H](CCN1CCC(c2ccc(OS(C)(=O)=O)cc2)CC1)c1ccc(Cl)c(Cl)c1)C(=O)c1cc(C#N)cc2ccccc12. The van der Waals surface area contributed by atoms with Gasteiger partial charge in [0.1, 0.15) is 5.75 Å². The fraction of sp³-hybridized carbons (Fsp3) is 0.314. The number of likely N-dealkylation sites (tertiary alicyclic amines) is 1. The molecule has 1 saturated heterocycles. The van der Waals surface area contributed by atoms with E-state index in [4.69, 9.17) is 27.4 Å². The van der Waals surface area contributed by atoms with Gasteiger partial charge in [-0.15, -0.1) is 0 Å². The highest BCUT2D eigenvalue weighted by Gasteiger charge is 2.25. The highest BCUT2D eigenvalue weighted by Crippen LogP contribution is 2.32. The number of amides is 1. The Morgan fingerprint density at radius 2 is 1.73 bits per heavy atom. The van der Waals surface area contributed by atoms with Gasteiger partial charge in [0.2, 0.25) is 0 Å². The lowest BCUT2D eigenvalue weighted by molar-refractivity contribution is 0.0783. The molecule has 1 aliphatic rings. The van der Waals surface area contributed by atoms with Crippen LogP contribution in [-0.4, -0.2) is 63.6 Å². The number of nitriles is 1. The number of hydrogen-bond donors (Lipinski definition) is 0. The molecule has 0 N–H and O–H groups in total. The number of hydrogen-bond acceptors (Lipinski definition) is 6. The molecule has 7 nitrogen and oxygen atoms in total. The molecule has 1 fully saturated rings. The molecule has 4 aromatic rings. The number of halogens is 2. The van der Waals surface area contributed by atoms with Gasteiger partial charge in [-0.25, -0.2) is 0 Å². The van der Waals surface area contributed by atoms with Crippen molar-refractivity contribution in [1.29, 1.82) is 5.26 Å². The fourth-order valence-corrected chi connectivity index (χ4v) is 6.87. The molecular formula is C35H35Cl2N3O4S. The number of carbonyl (C=O) groups is 1. The monoisotopic (exact) mass is 663 g/mol. The zero-order valence-corrected chi connectivity index (χ0v) is 27.6. The molecule has 1 atom stereocenters. The first kappa shape index (κ1) is 32.8. The standard InChI is InChI=1S/C35H35Cl2N3O4S/c1-39(35(41)32-20-24(22-38)19-28-5-3-4-6-31(28)32)23-29(27-9-12-33(36)34(37)21-27)15-18-40-16-13-26(14-17-40)25-7-10-30(11-8-25)44-45(2,42)43/h3-12,19-21,26,29H,13-18,23H2,1-2H3/t29-/m1/s1. The van der Waals surface area contributed by atoms with Gasteiger partial charge in [-0.1, -0.05) is 65.7 Å². The van der Waals surface area contributed by atoms with Gasteiger partial charge in [0.15, 0.2) is 0 Å². The largest absolute Gasteiger partial charge is 0.383 e. The van der Waals surface area contributed by atoms with Crippen LogP contribution >= 0.6 is 23.2 Å². The van der Waals surface area contributed by atoms with Gasteiger partial charge in [-0.3, -0.25) is 4.79 Å². The van der Waals surface area contributed by atoms with Crippen molar-refractivity contribution in [2.45, 2.75) is 31.1 Å². The molecular weight excluding hydrogens is 629 g/mol. The summed E-state index contributed by atoms with van der Waals surface area (Å²) in [5, 5.41) is 12.2. The summed E-state index contributed by atoms with van der Waals surface area (Å²) in [5.74, 6) is 0.588. The molecule has 1 aliphatic heterocycles. The molecule has 4 aromatic carbocycles. The summed E-state index contributed by atoms with van der Waals surface area (Å²) in [6, 6.07) is 26.3. The summed E-state index contributed by atoms with van der Waals surface area (Å²) in [6.07, 6.45) is 3.83. The summed E-state index contributed by atoms with van der Waals surface area (Å²) in [4.78, 5) is 18.0. The number of fused-ring (bicyclic) bond motifs is 1. The molecule has 0 unspecified atom stereocenters. The van der Waals surface area contributed by atoms with Crippen molar-refractivity contribution in [3.8, 4) is 11.8 Å². The van der Waals surface area contributed by atoms with Crippen LogP contribution in [0.15, 0.2) is 78.9 Å². The van der Waals surface area contributed by atoms with E-state index in [1.54, 1.807) is 42.3 Å². The Bertz CT molecular complexity index is 1830. The van der Waals surface area contributed by atoms with Crippen molar-refractivity contribution in [2.75, 3.05) is 39.5 Å². The number of rotatable bonds is 10. The van der Waals surface area contributed by atoms with E-state index in [-0.39, 0.29) is 11.8 Å². The maximum atomic E-state index is 13.8. The van der Waals surface area contributed by atoms with Crippen molar-refractivity contribution in [3.05, 3.63) is 111 Å². The third kappa shape index (κ3) is 8.36. The molecule has 0 bridgehead atoms. The lowest BCUT2D eigenvalue weighted by atomic mass is 9.88. The van der Waals surface area contributed by atoms with Crippen LogP contribution in [0.5, 0.6) is 5.75 Å². The van der Waals surface area contributed by atoms with Crippen molar-refractivity contribution in [2.24, 2.45) is 0 Å². The molecule has 234 valence electrons. The molecule has 1 amide bonds. The van der Waals surface area contributed by atoms with E-state index in [9.17, 15) is 18.5 Å². The minimum atomic E-state index is -3.55. The zero-order valence-electron chi connectivity index (χ0n) is 25.2. The van der Waals surface area contributed by atoms with E-state index in [2.05, 4.69) is 11.0 Å². The highest BCUT2D eigenvalue weighted by molar-refractivity contribution is 7.86. The third-order valence-corrected chi connectivity index (χ3v) is 9.69. The van der Waals surface area contributed by atoms with Crippen LogP contribution in [0, 0.1) is 11.3 Å². The summed E-state index contributed by atoms with van der Waals surface area (Å²) in [5.41, 5.74) is 3.16. The number of piperidine rings is 1. The van der Waals surface area contributed by atoms with E-state index in [1.165, 1.54) is 5.56 Å². The normalized spacial score (nSPS) is 15.0. The molecule has 1 heterocycles. The Balaban J connectivity index is 1.26. The predicted octanol–water partition coefficient (Wildman–Crippen LogP) is 7.48. The van der Waals surface area contributed by atoms with E-state index < -0.39 is 10.1 Å². The maximum Gasteiger partial charge on any atom is 0.306 e. The minimum absolute atomic E-state index is 0.0132. The Labute approximate surface area is 275 Å². The van der Waals surface area contributed by atoms with Gasteiger partial charge < -0.3 is 14.0 Å². The van der Waals surface area contributed by atoms with Crippen molar-refractivity contribution in [3.63, 3.8) is 0 Å². The third-order valence-electron chi connectivity index (χ3n) is 8.46. The van der Waals surface area contributed by atoms with Gasteiger partial charge in [0.05, 0.1) is 27.9 Å². The zero-order chi connectivity index (χ0) is 32.1. The summed E-state index contributed by atoms with van der Waals surface area (Å²) in [6.45, 7) is 3.19. The van der Waals surface area contributed by atoms with Gasteiger partial charge >= 0.3 is 10.1 Å². The van der Waals surface area contributed by atoms with E-state index in [1.807, 2.05) is 48.5 Å². The average Bonchev–Trinajstić information content (AvgIpc) is 3.03. The molecule has 0 saturated carbocycles. The first-order valence-corrected chi connectivity index (χ1v) is 17.4. The lowest BCUT2D eigenvalue weighted by Gasteiger charge is -2.34. The molecule has 45 heavy (non-hydrogen) atoms. The molecule has 0 aromatic heterocycles. The average molecular weight is 665 g/mol. The second kappa shape index (κ2) is 14.2. The molecule has 10 heteroatoms.